The first-order valence-electron chi connectivity index (χ1n) is 7.85. The molecule has 0 saturated heterocycles. The van der Waals surface area contributed by atoms with Crippen LogP contribution in [-0.2, 0) is 16.1 Å². The molecule has 0 atom stereocenters. The highest BCUT2D eigenvalue weighted by Gasteiger charge is 2.02. The van der Waals surface area contributed by atoms with E-state index in [1.165, 1.54) is 0 Å². The third-order valence-corrected chi connectivity index (χ3v) is 3.39. The average Bonchev–Trinajstić information content (AvgIpc) is 2.59. The van der Waals surface area contributed by atoms with Gasteiger partial charge in [-0.25, -0.2) is 0 Å². The van der Waals surface area contributed by atoms with Crippen molar-refractivity contribution in [1.82, 2.24) is 5.32 Å². The molecule has 0 aliphatic rings. The predicted octanol–water partition coefficient (Wildman–Crippen LogP) is 3.91. The third kappa shape index (κ3) is 6.53. The van der Waals surface area contributed by atoms with Crippen LogP contribution in [0.1, 0.15) is 24.8 Å². The summed E-state index contributed by atoms with van der Waals surface area (Å²) in [7, 11) is 1.67. The lowest BCUT2D eigenvalue weighted by molar-refractivity contribution is -0.121. The Morgan fingerprint density at radius 2 is 1.65 bits per heavy atom. The molecule has 0 saturated carbocycles. The Kier molecular flexibility index (Phi) is 7.14. The molecule has 0 radical (unpaired) electrons. The summed E-state index contributed by atoms with van der Waals surface area (Å²) in [6, 6.07) is 17.4. The molecular formula is C19H23NO3. The monoisotopic (exact) mass is 313 g/mol. The van der Waals surface area contributed by atoms with Crippen molar-refractivity contribution in [3.05, 3.63) is 60.2 Å². The number of para-hydroxylation sites is 1. The molecule has 1 amide bonds. The number of hydrogen-bond acceptors (Lipinski definition) is 3. The van der Waals surface area contributed by atoms with Crippen molar-refractivity contribution in [3.8, 4) is 11.5 Å². The lowest BCUT2D eigenvalue weighted by atomic mass is 10.2. The molecule has 0 aliphatic heterocycles. The van der Waals surface area contributed by atoms with E-state index < -0.39 is 0 Å². The SMILES string of the molecule is COCCCCC(=O)NCc1ccc(Oc2ccccc2)cc1. The van der Waals surface area contributed by atoms with Gasteiger partial charge in [0.1, 0.15) is 11.5 Å². The molecule has 0 heterocycles. The number of ether oxygens (including phenoxy) is 2. The summed E-state index contributed by atoms with van der Waals surface area (Å²) in [5.41, 5.74) is 1.05. The summed E-state index contributed by atoms with van der Waals surface area (Å²) in [6.07, 6.45) is 2.30. The van der Waals surface area contributed by atoms with Crippen molar-refractivity contribution in [2.75, 3.05) is 13.7 Å². The molecule has 4 nitrogen and oxygen atoms in total. The van der Waals surface area contributed by atoms with Gasteiger partial charge >= 0.3 is 0 Å². The first kappa shape index (κ1) is 17.0. The van der Waals surface area contributed by atoms with Crippen molar-refractivity contribution < 1.29 is 14.3 Å². The number of carbonyl (C=O) groups is 1. The van der Waals surface area contributed by atoms with Gasteiger partial charge in [0.15, 0.2) is 0 Å². The predicted molar refractivity (Wildman–Crippen MR) is 90.5 cm³/mol. The molecule has 122 valence electrons. The maximum absolute atomic E-state index is 11.7. The maximum Gasteiger partial charge on any atom is 0.220 e. The summed E-state index contributed by atoms with van der Waals surface area (Å²) >= 11 is 0. The second-order valence-corrected chi connectivity index (χ2v) is 5.29. The Morgan fingerprint density at radius 3 is 2.35 bits per heavy atom. The zero-order chi connectivity index (χ0) is 16.3. The minimum Gasteiger partial charge on any atom is -0.457 e. The Balaban J connectivity index is 1.73. The molecule has 0 aromatic heterocycles. The van der Waals surface area contributed by atoms with Crippen LogP contribution in [0.3, 0.4) is 0 Å². The minimum absolute atomic E-state index is 0.0747. The van der Waals surface area contributed by atoms with E-state index in [0.717, 1.165) is 29.9 Å². The highest BCUT2D eigenvalue weighted by atomic mass is 16.5. The van der Waals surface area contributed by atoms with Gasteiger partial charge in [-0.1, -0.05) is 30.3 Å². The second kappa shape index (κ2) is 9.64. The van der Waals surface area contributed by atoms with E-state index in [2.05, 4.69) is 5.32 Å². The van der Waals surface area contributed by atoms with E-state index in [-0.39, 0.29) is 5.91 Å². The van der Waals surface area contributed by atoms with Crippen molar-refractivity contribution in [3.63, 3.8) is 0 Å². The van der Waals surface area contributed by atoms with Crippen molar-refractivity contribution in [1.29, 1.82) is 0 Å². The van der Waals surface area contributed by atoms with Gasteiger partial charge in [-0.15, -0.1) is 0 Å². The van der Waals surface area contributed by atoms with Crippen molar-refractivity contribution in [2.45, 2.75) is 25.8 Å². The van der Waals surface area contributed by atoms with E-state index in [9.17, 15) is 4.79 Å². The molecule has 4 heteroatoms. The molecule has 0 unspecified atom stereocenters. The molecule has 0 fully saturated rings. The number of carbonyl (C=O) groups excluding carboxylic acids is 1. The van der Waals surface area contributed by atoms with Crippen LogP contribution >= 0.6 is 0 Å². The summed E-state index contributed by atoms with van der Waals surface area (Å²) in [6.45, 7) is 1.24. The van der Waals surface area contributed by atoms with Crippen molar-refractivity contribution in [2.24, 2.45) is 0 Å². The number of methoxy groups -OCH3 is 1. The molecule has 2 aromatic rings. The maximum atomic E-state index is 11.7. The van der Waals surface area contributed by atoms with Crippen LogP contribution in [0, 0.1) is 0 Å². The van der Waals surface area contributed by atoms with Crippen molar-refractivity contribution >= 4 is 5.91 Å². The fourth-order valence-electron chi connectivity index (χ4n) is 2.12. The molecule has 2 rings (SSSR count). The van der Waals surface area contributed by atoms with E-state index in [4.69, 9.17) is 9.47 Å². The quantitative estimate of drug-likeness (QED) is 0.714. The third-order valence-electron chi connectivity index (χ3n) is 3.39. The zero-order valence-electron chi connectivity index (χ0n) is 13.5. The number of benzene rings is 2. The number of rotatable bonds is 9. The minimum atomic E-state index is 0.0747. The second-order valence-electron chi connectivity index (χ2n) is 5.29. The van der Waals surface area contributed by atoms with Crippen LogP contribution in [0.25, 0.3) is 0 Å². The molecular weight excluding hydrogens is 290 g/mol. The average molecular weight is 313 g/mol. The Labute approximate surface area is 137 Å². The topological polar surface area (TPSA) is 47.6 Å². The first-order chi connectivity index (χ1) is 11.3. The number of unbranched alkanes of at least 4 members (excludes halogenated alkanes) is 1. The normalized spacial score (nSPS) is 10.3. The Hall–Kier alpha value is -2.33. The van der Waals surface area contributed by atoms with Gasteiger partial charge in [-0.3, -0.25) is 4.79 Å². The van der Waals surface area contributed by atoms with Crippen LogP contribution in [0.4, 0.5) is 0 Å². The Bertz CT molecular complexity index is 581. The van der Waals surface area contributed by atoms with E-state index in [1.807, 2.05) is 54.6 Å². The van der Waals surface area contributed by atoms with Gasteiger partial charge in [0, 0.05) is 26.7 Å². The first-order valence-corrected chi connectivity index (χ1v) is 7.85. The highest BCUT2D eigenvalue weighted by Crippen LogP contribution is 2.21. The number of amides is 1. The lowest BCUT2D eigenvalue weighted by Crippen LogP contribution is -2.22. The summed E-state index contributed by atoms with van der Waals surface area (Å²) < 4.78 is 10.7. The molecule has 2 aromatic carbocycles. The van der Waals surface area contributed by atoms with Gasteiger partial charge in [-0.05, 0) is 42.7 Å². The van der Waals surface area contributed by atoms with E-state index in [0.29, 0.717) is 19.6 Å². The zero-order valence-corrected chi connectivity index (χ0v) is 13.5. The van der Waals surface area contributed by atoms with Crippen LogP contribution in [0.15, 0.2) is 54.6 Å². The van der Waals surface area contributed by atoms with Crippen LogP contribution in [0.5, 0.6) is 11.5 Å². The van der Waals surface area contributed by atoms with Gasteiger partial charge in [-0.2, -0.15) is 0 Å². The summed E-state index contributed by atoms with van der Waals surface area (Å²) in [4.78, 5) is 11.7. The molecule has 23 heavy (non-hydrogen) atoms. The Morgan fingerprint density at radius 1 is 0.957 bits per heavy atom. The van der Waals surface area contributed by atoms with Crippen LogP contribution in [0.2, 0.25) is 0 Å². The van der Waals surface area contributed by atoms with Gasteiger partial charge in [0.2, 0.25) is 5.91 Å². The lowest BCUT2D eigenvalue weighted by Gasteiger charge is -2.08. The summed E-state index contributed by atoms with van der Waals surface area (Å²) in [5, 5.41) is 2.92. The standard InChI is InChI=1S/C19H23NO3/c1-22-14-6-5-9-19(21)20-15-16-10-12-18(13-11-16)23-17-7-3-2-4-8-17/h2-4,7-8,10-13H,5-6,9,14-15H2,1H3,(H,20,21). The molecule has 0 spiro atoms. The molecule has 0 aliphatic carbocycles. The number of hydrogen-bond donors (Lipinski definition) is 1. The fourth-order valence-corrected chi connectivity index (χ4v) is 2.12. The molecule has 1 N–H and O–H groups in total. The summed E-state index contributed by atoms with van der Waals surface area (Å²) in [5.74, 6) is 1.67. The van der Waals surface area contributed by atoms with E-state index >= 15 is 0 Å². The largest absolute Gasteiger partial charge is 0.457 e. The van der Waals surface area contributed by atoms with Gasteiger partial charge in [0.25, 0.3) is 0 Å². The van der Waals surface area contributed by atoms with Gasteiger partial charge < -0.3 is 14.8 Å². The smallest absolute Gasteiger partial charge is 0.220 e. The van der Waals surface area contributed by atoms with E-state index in [1.54, 1.807) is 7.11 Å². The number of nitrogens with one attached hydrogen (secondary N) is 1. The fraction of sp³-hybridized carbons (Fsp3) is 0.316. The van der Waals surface area contributed by atoms with Gasteiger partial charge in [0.05, 0.1) is 0 Å². The van der Waals surface area contributed by atoms with Crippen LogP contribution < -0.4 is 10.1 Å². The van der Waals surface area contributed by atoms with Crippen LogP contribution in [-0.4, -0.2) is 19.6 Å². The molecule has 0 bridgehead atoms. The highest BCUT2D eigenvalue weighted by molar-refractivity contribution is 5.75.